The lowest BCUT2D eigenvalue weighted by Crippen LogP contribution is -2.46. The Bertz CT molecular complexity index is 483. The minimum absolute atomic E-state index is 0.0480. The van der Waals surface area contributed by atoms with Crippen LogP contribution in [-0.2, 0) is 11.8 Å². The monoisotopic (exact) mass is 300 g/mol. The Morgan fingerprint density at radius 2 is 2.15 bits per heavy atom. The lowest BCUT2D eigenvalue weighted by molar-refractivity contribution is 0.0342. The minimum Gasteiger partial charge on any atom is -0.379 e. The van der Waals surface area contributed by atoms with E-state index in [0.29, 0.717) is 16.4 Å². The number of nitrogens with zero attached hydrogens (tertiary/aromatic N) is 3. The fraction of sp³-hybridized carbons (Fsp3) is 0.692. The number of nitrogens with one attached hydrogen (secondary N) is 1. The van der Waals surface area contributed by atoms with Crippen molar-refractivity contribution in [1.29, 1.82) is 0 Å². The zero-order valence-electron chi connectivity index (χ0n) is 12.1. The van der Waals surface area contributed by atoms with Crippen LogP contribution in [0.2, 0.25) is 5.02 Å². The zero-order chi connectivity index (χ0) is 14.7. The van der Waals surface area contributed by atoms with Crippen molar-refractivity contribution in [3.8, 4) is 0 Å². The molecule has 7 heteroatoms. The lowest BCUT2D eigenvalue weighted by Gasteiger charge is -2.29. The van der Waals surface area contributed by atoms with Crippen LogP contribution in [0, 0.1) is 6.92 Å². The molecule has 20 heavy (non-hydrogen) atoms. The maximum absolute atomic E-state index is 12.3. The third-order valence-corrected chi connectivity index (χ3v) is 3.83. The number of aromatic nitrogens is 2. The van der Waals surface area contributed by atoms with Gasteiger partial charge in [0.1, 0.15) is 5.69 Å². The SMILES string of the molecule is Cc1nn(C)c(C(=O)N[C@@H](C)CN2CCOCC2)c1Cl. The highest BCUT2D eigenvalue weighted by atomic mass is 35.5. The Hall–Kier alpha value is -1.11. The van der Waals surface area contributed by atoms with Gasteiger partial charge in [0.05, 0.1) is 23.9 Å². The fourth-order valence-electron chi connectivity index (χ4n) is 2.39. The van der Waals surface area contributed by atoms with Crippen LogP contribution in [0.3, 0.4) is 0 Å². The Kier molecular flexibility index (Phi) is 5.01. The van der Waals surface area contributed by atoms with Crippen molar-refractivity contribution in [3.05, 3.63) is 16.4 Å². The van der Waals surface area contributed by atoms with Crippen molar-refractivity contribution >= 4 is 17.5 Å². The van der Waals surface area contributed by atoms with E-state index in [1.165, 1.54) is 4.68 Å². The first-order valence-corrected chi connectivity index (χ1v) is 7.17. The van der Waals surface area contributed by atoms with E-state index in [9.17, 15) is 4.79 Å². The second-order valence-electron chi connectivity index (χ2n) is 5.16. The smallest absolute Gasteiger partial charge is 0.271 e. The van der Waals surface area contributed by atoms with Crippen molar-refractivity contribution in [2.24, 2.45) is 7.05 Å². The second-order valence-corrected chi connectivity index (χ2v) is 5.54. The molecule has 112 valence electrons. The third kappa shape index (κ3) is 3.50. The van der Waals surface area contributed by atoms with Gasteiger partial charge in [-0.2, -0.15) is 5.10 Å². The summed E-state index contributed by atoms with van der Waals surface area (Å²) in [6.45, 7) is 7.92. The standard InChI is InChI=1S/C13H21ClN4O2/c1-9(8-18-4-6-20-7-5-18)15-13(19)12-11(14)10(2)16-17(12)3/h9H,4-8H2,1-3H3,(H,15,19)/t9-/m0/s1. The summed E-state index contributed by atoms with van der Waals surface area (Å²) in [6.07, 6.45) is 0. The predicted molar refractivity (Wildman–Crippen MR) is 77.1 cm³/mol. The van der Waals surface area contributed by atoms with Crippen LogP contribution < -0.4 is 5.32 Å². The molecule has 1 fully saturated rings. The number of carbonyl (C=O) groups is 1. The van der Waals surface area contributed by atoms with Crippen molar-refractivity contribution in [2.45, 2.75) is 19.9 Å². The molecule has 0 aliphatic carbocycles. The first-order chi connectivity index (χ1) is 9.49. The van der Waals surface area contributed by atoms with Gasteiger partial charge in [-0.05, 0) is 13.8 Å². The van der Waals surface area contributed by atoms with E-state index >= 15 is 0 Å². The average Bonchev–Trinajstić information content (AvgIpc) is 2.64. The molecular weight excluding hydrogens is 280 g/mol. The number of aryl methyl sites for hydroxylation is 2. The first kappa shape index (κ1) is 15.3. The van der Waals surface area contributed by atoms with Gasteiger partial charge in [0.2, 0.25) is 0 Å². The number of amides is 1. The molecule has 1 atom stereocenters. The normalized spacial score (nSPS) is 18.0. The number of carbonyl (C=O) groups excluding carboxylic acids is 1. The highest BCUT2D eigenvalue weighted by molar-refractivity contribution is 6.34. The maximum atomic E-state index is 12.3. The molecule has 1 aromatic heterocycles. The topological polar surface area (TPSA) is 59.4 Å². The third-order valence-electron chi connectivity index (χ3n) is 3.38. The molecule has 0 radical (unpaired) electrons. The molecular formula is C13H21ClN4O2. The number of ether oxygens (including phenoxy) is 1. The molecule has 0 unspecified atom stereocenters. The van der Waals surface area contributed by atoms with Gasteiger partial charge in [0.25, 0.3) is 5.91 Å². The van der Waals surface area contributed by atoms with Crippen LogP contribution in [-0.4, -0.2) is 59.5 Å². The summed E-state index contributed by atoms with van der Waals surface area (Å²) in [6, 6.07) is 0.0480. The van der Waals surface area contributed by atoms with Crippen LogP contribution in [0.4, 0.5) is 0 Å². The van der Waals surface area contributed by atoms with E-state index in [-0.39, 0.29) is 11.9 Å². The van der Waals surface area contributed by atoms with Crippen LogP contribution in [0.1, 0.15) is 23.1 Å². The largest absolute Gasteiger partial charge is 0.379 e. The fourth-order valence-corrected chi connectivity index (χ4v) is 2.63. The van der Waals surface area contributed by atoms with Crippen LogP contribution in [0.15, 0.2) is 0 Å². The van der Waals surface area contributed by atoms with E-state index in [1.807, 2.05) is 6.92 Å². The molecule has 1 aliphatic heterocycles. The predicted octanol–water partition coefficient (Wildman–Crippen LogP) is 0.832. The van der Waals surface area contributed by atoms with Crippen molar-refractivity contribution < 1.29 is 9.53 Å². The van der Waals surface area contributed by atoms with Gasteiger partial charge in [-0.1, -0.05) is 11.6 Å². The molecule has 1 amide bonds. The molecule has 1 N–H and O–H groups in total. The highest BCUT2D eigenvalue weighted by Gasteiger charge is 2.21. The van der Waals surface area contributed by atoms with Crippen LogP contribution >= 0.6 is 11.6 Å². The van der Waals surface area contributed by atoms with Crippen molar-refractivity contribution in [1.82, 2.24) is 20.0 Å². The van der Waals surface area contributed by atoms with Gasteiger partial charge in [-0.3, -0.25) is 14.4 Å². The zero-order valence-corrected chi connectivity index (χ0v) is 12.9. The molecule has 0 spiro atoms. The van der Waals surface area contributed by atoms with Crippen LogP contribution in [0.25, 0.3) is 0 Å². The van der Waals surface area contributed by atoms with Gasteiger partial charge in [-0.25, -0.2) is 0 Å². The Balaban J connectivity index is 1.93. The molecule has 0 bridgehead atoms. The van der Waals surface area contributed by atoms with Gasteiger partial charge < -0.3 is 10.1 Å². The van der Waals surface area contributed by atoms with Gasteiger partial charge >= 0.3 is 0 Å². The Morgan fingerprint density at radius 1 is 1.50 bits per heavy atom. The molecule has 2 rings (SSSR count). The molecule has 2 heterocycles. The summed E-state index contributed by atoms with van der Waals surface area (Å²) in [4.78, 5) is 14.5. The van der Waals surface area contributed by atoms with E-state index < -0.39 is 0 Å². The molecule has 1 saturated heterocycles. The number of hydrogen-bond acceptors (Lipinski definition) is 4. The maximum Gasteiger partial charge on any atom is 0.271 e. The number of hydrogen-bond donors (Lipinski definition) is 1. The number of halogens is 1. The van der Waals surface area contributed by atoms with E-state index in [2.05, 4.69) is 15.3 Å². The second kappa shape index (κ2) is 6.56. The Labute approximate surface area is 124 Å². The Morgan fingerprint density at radius 3 is 2.70 bits per heavy atom. The lowest BCUT2D eigenvalue weighted by atomic mass is 10.2. The summed E-state index contributed by atoms with van der Waals surface area (Å²) < 4.78 is 6.83. The summed E-state index contributed by atoms with van der Waals surface area (Å²) in [5.74, 6) is -0.182. The molecule has 0 saturated carbocycles. The van der Waals surface area contributed by atoms with Gasteiger partial charge in [0, 0.05) is 32.7 Å². The highest BCUT2D eigenvalue weighted by Crippen LogP contribution is 2.19. The van der Waals surface area contributed by atoms with E-state index in [0.717, 1.165) is 32.8 Å². The van der Waals surface area contributed by atoms with Gasteiger partial charge in [0.15, 0.2) is 0 Å². The minimum atomic E-state index is -0.182. The average molecular weight is 301 g/mol. The van der Waals surface area contributed by atoms with E-state index in [1.54, 1.807) is 14.0 Å². The summed E-state index contributed by atoms with van der Waals surface area (Å²) in [5, 5.41) is 7.54. The van der Waals surface area contributed by atoms with E-state index in [4.69, 9.17) is 16.3 Å². The summed E-state index contributed by atoms with van der Waals surface area (Å²) in [7, 11) is 1.72. The first-order valence-electron chi connectivity index (χ1n) is 6.79. The molecule has 6 nitrogen and oxygen atoms in total. The molecule has 0 aromatic carbocycles. The molecule has 1 aliphatic rings. The summed E-state index contributed by atoms with van der Waals surface area (Å²) in [5.41, 5.74) is 1.08. The van der Waals surface area contributed by atoms with Crippen molar-refractivity contribution in [2.75, 3.05) is 32.8 Å². The number of morpholine rings is 1. The van der Waals surface area contributed by atoms with Gasteiger partial charge in [-0.15, -0.1) is 0 Å². The van der Waals surface area contributed by atoms with Crippen LogP contribution in [0.5, 0.6) is 0 Å². The quantitative estimate of drug-likeness (QED) is 0.895. The number of rotatable bonds is 4. The van der Waals surface area contributed by atoms with Crippen molar-refractivity contribution in [3.63, 3.8) is 0 Å². The molecule has 1 aromatic rings. The summed E-state index contributed by atoms with van der Waals surface area (Å²) >= 11 is 6.11.